The van der Waals surface area contributed by atoms with E-state index in [2.05, 4.69) is 27.7 Å². The van der Waals surface area contributed by atoms with Crippen molar-refractivity contribution in [3.8, 4) is 0 Å². The summed E-state index contributed by atoms with van der Waals surface area (Å²) in [5, 5.41) is 1.87. The van der Waals surface area contributed by atoms with Gasteiger partial charge in [0.25, 0.3) is 0 Å². The van der Waals surface area contributed by atoms with Crippen LogP contribution in [0.2, 0.25) is 0 Å². The third-order valence-corrected chi connectivity index (χ3v) is 3.45. The summed E-state index contributed by atoms with van der Waals surface area (Å²) in [7, 11) is 0. The molecule has 0 spiro atoms. The SMILES string of the molecule is CC[N+](CC)(CC)C(C)CC=S.[OH-]. The minimum Gasteiger partial charge on any atom is -0.870 e. The highest BCUT2D eigenvalue weighted by Crippen LogP contribution is 2.14. The zero-order chi connectivity index (χ0) is 9.61. The molecule has 0 aromatic carbocycles. The van der Waals surface area contributed by atoms with Crippen molar-refractivity contribution in [2.75, 3.05) is 19.6 Å². The van der Waals surface area contributed by atoms with Gasteiger partial charge in [-0.1, -0.05) is 12.2 Å². The van der Waals surface area contributed by atoms with Crippen LogP contribution >= 0.6 is 12.2 Å². The van der Waals surface area contributed by atoms with E-state index in [4.69, 9.17) is 12.2 Å². The van der Waals surface area contributed by atoms with Crippen molar-refractivity contribution in [1.82, 2.24) is 0 Å². The highest BCUT2D eigenvalue weighted by molar-refractivity contribution is 7.78. The van der Waals surface area contributed by atoms with Gasteiger partial charge < -0.3 is 9.96 Å². The van der Waals surface area contributed by atoms with Gasteiger partial charge in [0, 0.05) is 6.42 Å². The molecular formula is C10H23NOS. The van der Waals surface area contributed by atoms with Gasteiger partial charge in [0.15, 0.2) is 0 Å². The summed E-state index contributed by atoms with van der Waals surface area (Å²) in [6.07, 6.45) is 1.06. The second-order valence-electron chi connectivity index (χ2n) is 3.42. The Balaban J connectivity index is 0. The number of nitrogens with zero attached hydrogens (tertiary/aromatic N) is 1. The molecule has 0 aromatic heterocycles. The molecule has 1 unspecified atom stereocenters. The lowest BCUT2D eigenvalue weighted by molar-refractivity contribution is -0.944. The highest BCUT2D eigenvalue weighted by atomic mass is 32.1. The van der Waals surface area contributed by atoms with Gasteiger partial charge in [-0.3, -0.25) is 0 Å². The lowest BCUT2D eigenvalue weighted by Crippen LogP contribution is -2.53. The first-order valence-corrected chi connectivity index (χ1v) is 5.43. The second kappa shape index (κ2) is 7.42. The van der Waals surface area contributed by atoms with Crippen molar-refractivity contribution in [2.24, 2.45) is 0 Å². The predicted octanol–water partition coefficient (Wildman–Crippen LogP) is 2.46. The Morgan fingerprint density at radius 3 is 1.77 bits per heavy atom. The van der Waals surface area contributed by atoms with Crippen LogP contribution in [0.3, 0.4) is 0 Å². The van der Waals surface area contributed by atoms with Crippen LogP contribution in [0.25, 0.3) is 0 Å². The zero-order valence-electron chi connectivity index (χ0n) is 9.29. The van der Waals surface area contributed by atoms with Gasteiger partial charge >= 0.3 is 0 Å². The van der Waals surface area contributed by atoms with Crippen molar-refractivity contribution < 1.29 is 9.96 Å². The van der Waals surface area contributed by atoms with Crippen molar-refractivity contribution >= 4 is 17.6 Å². The zero-order valence-corrected chi connectivity index (χ0v) is 10.1. The minimum absolute atomic E-state index is 0. The molecule has 0 fully saturated rings. The molecule has 0 radical (unpaired) electrons. The Kier molecular flexibility index (Phi) is 8.83. The molecule has 0 heterocycles. The van der Waals surface area contributed by atoms with E-state index in [1.807, 2.05) is 5.37 Å². The van der Waals surface area contributed by atoms with Crippen LogP contribution in [0.5, 0.6) is 0 Å². The topological polar surface area (TPSA) is 30.0 Å². The summed E-state index contributed by atoms with van der Waals surface area (Å²) in [6.45, 7) is 12.8. The van der Waals surface area contributed by atoms with Crippen LogP contribution in [0.4, 0.5) is 0 Å². The highest BCUT2D eigenvalue weighted by Gasteiger charge is 2.27. The molecule has 3 heteroatoms. The van der Waals surface area contributed by atoms with Crippen LogP contribution < -0.4 is 0 Å². The Hall–Kier alpha value is 0.01000. The van der Waals surface area contributed by atoms with E-state index < -0.39 is 0 Å². The van der Waals surface area contributed by atoms with Crippen molar-refractivity contribution in [3.63, 3.8) is 0 Å². The van der Waals surface area contributed by atoms with E-state index in [0.29, 0.717) is 6.04 Å². The van der Waals surface area contributed by atoms with Crippen LogP contribution in [0.1, 0.15) is 34.1 Å². The lowest BCUT2D eigenvalue weighted by Gasteiger charge is -2.41. The Labute approximate surface area is 87.8 Å². The largest absolute Gasteiger partial charge is 0.870 e. The second-order valence-corrected chi connectivity index (χ2v) is 3.75. The molecule has 0 rings (SSSR count). The summed E-state index contributed by atoms with van der Waals surface area (Å²) in [6, 6.07) is 0.683. The first kappa shape index (κ1) is 15.5. The number of rotatable bonds is 6. The third-order valence-electron chi connectivity index (χ3n) is 3.26. The Morgan fingerprint density at radius 1 is 1.15 bits per heavy atom. The summed E-state index contributed by atoms with van der Waals surface area (Å²) >= 11 is 4.91. The predicted molar refractivity (Wildman–Crippen MR) is 61.6 cm³/mol. The molecule has 2 nitrogen and oxygen atoms in total. The van der Waals surface area contributed by atoms with Crippen LogP contribution in [-0.2, 0) is 0 Å². The molecular weight excluding hydrogens is 182 g/mol. The van der Waals surface area contributed by atoms with Crippen LogP contribution in [0, 0.1) is 0 Å². The smallest absolute Gasteiger partial charge is 0.0904 e. The molecule has 1 N–H and O–H groups in total. The molecule has 0 aliphatic heterocycles. The van der Waals surface area contributed by atoms with Crippen LogP contribution in [0.15, 0.2) is 0 Å². The summed E-state index contributed by atoms with van der Waals surface area (Å²) < 4.78 is 1.20. The van der Waals surface area contributed by atoms with E-state index >= 15 is 0 Å². The maximum Gasteiger partial charge on any atom is 0.0904 e. The Morgan fingerprint density at radius 2 is 1.54 bits per heavy atom. The summed E-state index contributed by atoms with van der Waals surface area (Å²) in [4.78, 5) is 0. The number of quaternary nitrogens is 1. The molecule has 0 aliphatic carbocycles. The number of thiocarbonyl (C=S) groups is 1. The van der Waals surface area contributed by atoms with Crippen molar-refractivity contribution in [1.29, 1.82) is 0 Å². The average molecular weight is 205 g/mol. The molecule has 0 saturated heterocycles. The first-order chi connectivity index (χ1) is 5.66. The van der Waals surface area contributed by atoms with Gasteiger partial charge in [-0.15, -0.1) is 0 Å². The fourth-order valence-corrected chi connectivity index (χ4v) is 2.25. The molecule has 13 heavy (non-hydrogen) atoms. The molecule has 0 amide bonds. The third kappa shape index (κ3) is 3.71. The maximum atomic E-state index is 4.91. The maximum absolute atomic E-state index is 4.91. The molecule has 0 saturated carbocycles. The molecule has 0 aromatic rings. The molecule has 0 aliphatic rings. The lowest BCUT2D eigenvalue weighted by atomic mass is 10.1. The summed E-state index contributed by atoms with van der Waals surface area (Å²) in [5.74, 6) is 0. The van der Waals surface area contributed by atoms with Gasteiger partial charge in [-0.05, 0) is 33.1 Å². The van der Waals surface area contributed by atoms with Crippen molar-refractivity contribution in [3.05, 3.63) is 0 Å². The molecule has 80 valence electrons. The number of hydrogen-bond acceptors (Lipinski definition) is 2. The fraction of sp³-hybridized carbons (Fsp3) is 0.900. The molecule has 0 bridgehead atoms. The van der Waals surface area contributed by atoms with Crippen LogP contribution in [-0.4, -0.2) is 41.0 Å². The summed E-state index contributed by atoms with van der Waals surface area (Å²) in [5.41, 5.74) is 0. The average Bonchev–Trinajstić information content (AvgIpc) is 2.09. The normalized spacial score (nSPS) is 13.2. The minimum atomic E-state index is 0. The van der Waals surface area contributed by atoms with E-state index in [1.165, 1.54) is 24.1 Å². The molecule has 1 atom stereocenters. The Bertz CT molecular complexity index is 127. The number of hydrogen-bond donors (Lipinski definition) is 0. The van der Waals surface area contributed by atoms with Crippen molar-refractivity contribution in [2.45, 2.75) is 40.2 Å². The monoisotopic (exact) mass is 205 g/mol. The van der Waals surface area contributed by atoms with Gasteiger partial charge in [0.05, 0.1) is 25.7 Å². The van der Waals surface area contributed by atoms with Gasteiger partial charge in [0.2, 0.25) is 0 Å². The van der Waals surface area contributed by atoms with Gasteiger partial charge in [-0.25, -0.2) is 0 Å². The van der Waals surface area contributed by atoms with Gasteiger partial charge in [-0.2, -0.15) is 0 Å². The standard InChI is InChI=1S/C10H22NS.H2O/c1-5-11(6-2,7-3)10(4)8-9-12;/h9-10H,5-8H2,1-4H3;1H2/q+1;/p-1. The van der Waals surface area contributed by atoms with Gasteiger partial charge in [0.1, 0.15) is 0 Å². The van der Waals surface area contributed by atoms with E-state index in [9.17, 15) is 0 Å². The fourth-order valence-electron chi connectivity index (χ4n) is 1.97. The van der Waals surface area contributed by atoms with E-state index in [0.717, 1.165) is 6.42 Å². The first-order valence-electron chi connectivity index (χ1n) is 4.96. The quantitative estimate of drug-likeness (QED) is 0.492. The van der Waals surface area contributed by atoms with E-state index in [1.54, 1.807) is 0 Å². The van der Waals surface area contributed by atoms with E-state index in [-0.39, 0.29) is 5.48 Å².